The van der Waals surface area contributed by atoms with Crippen LogP contribution in [-0.4, -0.2) is 34.8 Å². The molecule has 1 aliphatic carbocycles. The number of anilines is 1. The van der Waals surface area contributed by atoms with Gasteiger partial charge in [0, 0.05) is 12.1 Å². The number of halogens is 6. The van der Waals surface area contributed by atoms with E-state index in [1.54, 1.807) is 6.07 Å². The molecule has 4 amide bonds. The van der Waals surface area contributed by atoms with Crippen molar-refractivity contribution in [1.82, 2.24) is 10.2 Å². The summed E-state index contributed by atoms with van der Waals surface area (Å²) in [7, 11) is 0. The van der Waals surface area contributed by atoms with E-state index < -0.39 is 59.1 Å². The molecule has 4 rings (SSSR count). The molecule has 2 aromatic rings. The van der Waals surface area contributed by atoms with Gasteiger partial charge < -0.3 is 10.6 Å². The van der Waals surface area contributed by atoms with Crippen molar-refractivity contribution < 1.29 is 40.7 Å². The minimum absolute atomic E-state index is 0.0717. The van der Waals surface area contributed by atoms with Crippen LogP contribution in [0.15, 0.2) is 42.5 Å². The van der Waals surface area contributed by atoms with Crippen LogP contribution in [0.5, 0.6) is 0 Å². The number of amides is 4. The van der Waals surface area contributed by atoms with Crippen molar-refractivity contribution >= 4 is 23.5 Å². The van der Waals surface area contributed by atoms with E-state index in [4.69, 9.17) is 0 Å². The van der Waals surface area contributed by atoms with Crippen molar-refractivity contribution in [3.63, 3.8) is 0 Å². The maximum absolute atomic E-state index is 13.0. The molecule has 0 radical (unpaired) electrons. The molecular formula is C22H17F6N3O3. The summed E-state index contributed by atoms with van der Waals surface area (Å²) >= 11 is 0. The van der Waals surface area contributed by atoms with Gasteiger partial charge in [-0.2, -0.15) is 26.3 Å². The average molecular weight is 485 g/mol. The Bertz CT molecular complexity index is 1140. The molecule has 6 nitrogen and oxygen atoms in total. The molecule has 0 saturated carbocycles. The second-order valence-corrected chi connectivity index (χ2v) is 8.19. The first-order valence-corrected chi connectivity index (χ1v) is 10.1. The molecule has 1 spiro atoms. The molecule has 1 aliphatic heterocycles. The predicted molar refractivity (Wildman–Crippen MR) is 107 cm³/mol. The minimum Gasteiger partial charge on any atom is -0.325 e. The first-order valence-electron chi connectivity index (χ1n) is 10.1. The maximum atomic E-state index is 13.0. The van der Waals surface area contributed by atoms with Crippen LogP contribution in [0.2, 0.25) is 0 Å². The second-order valence-electron chi connectivity index (χ2n) is 8.19. The van der Waals surface area contributed by atoms with Gasteiger partial charge in [0.15, 0.2) is 0 Å². The van der Waals surface area contributed by atoms with Crippen LogP contribution in [0.3, 0.4) is 0 Å². The van der Waals surface area contributed by atoms with Gasteiger partial charge in [0.25, 0.3) is 5.91 Å². The molecule has 1 atom stereocenters. The van der Waals surface area contributed by atoms with Gasteiger partial charge in [0.2, 0.25) is 5.91 Å². The third-order valence-corrected chi connectivity index (χ3v) is 5.85. The Kier molecular flexibility index (Phi) is 5.57. The van der Waals surface area contributed by atoms with E-state index >= 15 is 0 Å². The van der Waals surface area contributed by atoms with E-state index in [0.29, 0.717) is 23.5 Å². The molecule has 1 saturated heterocycles. The number of fused-ring (bicyclic) bond motifs is 1. The lowest BCUT2D eigenvalue weighted by molar-refractivity contribution is -0.143. The highest BCUT2D eigenvalue weighted by molar-refractivity contribution is 6.10. The van der Waals surface area contributed by atoms with Gasteiger partial charge >= 0.3 is 18.4 Å². The van der Waals surface area contributed by atoms with Crippen LogP contribution in [0, 0.1) is 0 Å². The molecule has 0 bridgehead atoms. The number of hydrogen-bond acceptors (Lipinski definition) is 3. The second kappa shape index (κ2) is 8.03. The van der Waals surface area contributed by atoms with Gasteiger partial charge in [0.05, 0.1) is 11.1 Å². The monoisotopic (exact) mass is 485 g/mol. The molecule has 34 heavy (non-hydrogen) atoms. The lowest BCUT2D eigenvalue weighted by Gasteiger charge is -2.32. The number of nitrogens with one attached hydrogen (secondary N) is 2. The SMILES string of the molecule is O=C(CN1C(=O)NC2(CCc3ccccc3C2)C1=O)Nc1cc(C(F)(F)F)cc(C(F)(F)F)c1. The smallest absolute Gasteiger partial charge is 0.325 e. The molecule has 1 fully saturated rings. The highest BCUT2D eigenvalue weighted by atomic mass is 19.4. The van der Waals surface area contributed by atoms with Crippen molar-refractivity contribution in [3.8, 4) is 0 Å². The topological polar surface area (TPSA) is 78.5 Å². The summed E-state index contributed by atoms with van der Waals surface area (Å²) in [6, 6.07) is 7.11. The number of benzene rings is 2. The van der Waals surface area contributed by atoms with Gasteiger partial charge in [-0.25, -0.2) is 4.79 Å². The summed E-state index contributed by atoms with van der Waals surface area (Å²) in [6.07, 6.45) is -9.18. The fourth-order valence-corrected chi connectivity index (χ4v) is 4.22. The summed E-state index contributed by atoms with van der Waals surface area (Å²) in [5, 5.41) is 4.53. The number of rotatable bonds is 3. The molecule has 1 heterocycles. The Morgan fingerprint density at radius 2 is 1.56 bits per heavy atom. The van der Waals surface area contributed by atoms with Gasteiger partial charge in [-0.1, -0.05) is 24.3 Å². The van der Waals surface area contributed by atoms with Crippen LogP contribution >= 0.6 is 0 Å². The van der Waals surface area contributed by atoms with Crippen molar-refractivity contribution in [2.45, 2.75) is 37.2 Å². The van der Waals surface area contributed by atoms with E-state index in [1.165, 1.54) is 0 Å². The van der Waals surface area contributed by atoms with Gasteiger partial charge in [-0.3, -0.25) is 14.5 Å². The van der Waals surface area contributed by atoms with Gasteiger partial charge in [-0.15, -0.1) is 0 Å². The summed E-state index contributed by atoms with van der Waals surface area (Å²) in [5.74, 6) is -1.80. The Balaban J connectivity index is 1.52. The summed E-state index contributed by atoms with van der Waals surface area (Å²) in [6.45, 7) is -0.869. The summed E-state index contributed by atoms with van der Waals surface area (Å²) in [5.41, 5.74) is -3.35. The van der Waals surface area contributed by atoms with E-state index in [-0.39, 0.29) is 18.9 Å². The predicted octanol–water partition coefficient (Wildman–Crippen LogP) is 4.14. The number of nitrogens with zero attached hydrogens (tertiary/aromatic N) is 1. The van der Waals surface area contributed by atoms with Gasteiger partial charge in [-0.05, 0) is 42.2 Å². The van der Waals surface area contributed by atoms with E-state index in [1.807, 2.05) is 23.5 Å². The van der Waals surface area contributed by atoms with Crippen LogP contribution < -0.4 is 10.6 Å². The number of aryl methyl sites for hydroxylation is 1. The normalized spacial score (nSPS) is 20.4. The van der Waals surface area contributed by atoms with Crippen molar-refractivity contribution in [2.24, 2.45) is 0 Å². The van der Waals surface area contributed by atoms with Crippen molar-refractivity contribution in [3.05, 3.63) is 64.7 Å². The standard InChI is InChI=1S/C22H17F6N3O3/c23-21(24,25)14-7-15(22(26,27)28)9-16(8-14)29-17(32)11-31-18(33)20(30-19(31)34)6-5-12-3-1-2-4-13(12)10-20/h1-4,7-9H,5-6,10-11H2,(H,29,32)(H,30,34). The van der Waals surface area contributed by atoms with Crippen molar-refractivity contribution in [2.75, 3.05) is 11.9 Å². The molecular weight excluding hydrogens is 468 g/mol. The third-order valence-electron chi connectivity index (χ3n) is 5.85. The fourth-order valence-electron chi connectivity index (χ4n) is 4.22. The van der Waals surface area contributed by atoms with Gasteiger partial charge in [0.1, 0.15) is 12.1 Å². The molecule has 12 heteroatoms. The Morgan fingerprint density at radius 3 is 2.15 bits per heavy atom. The largest absolute Gasteiger partial charge is 0.416 e. The molecule has 2 aromatic carbocycles. The van der Waals surface area contributed by atoms with E-state index in [9.17, 15) is 40.7 Å². The van der Waals surface area contributed by atoms with Crippen LogP contribution in [-0.2, 0) is 34.8 Å². The number of imide groups is 1. The molecule has 180 valence electrons. The Labute approximate surface area is 188 Å². The minimum atomic E-state index is -5.09. The lowest BCUT2D eigenvalue weighted by Crippen LogP contribution is -2.51. The number of carbonyl (C=O) groups excluding carboxylic acids is 3. The highest BCUT2D eigenvalue weighted by Gasteiger charge is 2.52. The molecule has 2 N–H and O–H groups in total. The summed E-state index contributed by atoms with van der Waals surface area (Å²) in [4.78, 5) is 38.5. The number of alkyl halides is 6. The Morgan fingerprint density at radius 1 is 0.971 bits per heavy atom. The molecule has 1 unspecified atom stereocenters. The fraction of sp³-hybridized carbons (Fsp3) is 0.318. The van der Waals surface area contributed by atoms with Crippen molar-refractivity contribution in [1.29, 1.82) is 0 Å². The highest BCUT2D eigenvalue weighted by Crippen LogP contribution is 2.38. The van der Waals surface area contributed by atoms with Crippen LogP contribution in [0.4, 0.5) is 36.8 Å². The number of urea groups is 1. The van der Waals surface area contributed by atoms with Crippen LogP contribution in [0.1, 0.15) is 28.7 Å². The third kappa shape index (κ3) is 4.44. The number of hydrogen-bond donors (Lipinski definition) is 2. The molecule has 0 aromatic heterocycles. The van der Waals surface area contributed by atoms with E-state index in [2.05, 4.69) is 5.32 Å². The molecule has 2 aliphatic rings. The Hall–Kier alpha value is -3.57. The first kappa shape index (κ1) is 23.6. The maximum Gasteiger partial charge on any atom is 0.416 e. The zero-order valence-electron chi connectivity index (χ0n) is 17.3. The summed E-state index contributed by atoms with van der Waals surface area (Å²) < 4.78 is 78.2. The first-order chi connectivity index (χ1) is 15.8. The van der Waals surface area contributed by atoms with Crippen LogP contribution in [0.25, 0.3) is 0 Å². The average Bonchev–Trinajstić information content (AvgIpc) is 2.96. The lowest BCUT2D eigenvalue weighted by atomic mass is 9.78. The quantitative estimate of drug-likeness (QED) is 0.507. The zero-order valence-corrected chi connectivity index (χ0v) is 17.3. The number of carbonyl (C=O) groups is 3. The van der Waals surface area contributed by atoms with E-state index in [0.717, 1.165) is 11.1 Å². The zero-order chi connectivity index (χ0) is 24.9.